The van der Waals surface area contributed by atoms with Crippen LogP contribution in [0.1, 0.15) is 39.5 Å². The van der Waals surface area contributed by atoms with Gasteiger partial charge in [0.25, 0.3) is 5.91 Å². The maximum absolute atomic E-state index is 12.3. The Morgan fingerprint density at radius 2 is 1.68 bits per heavy atom. The third-order valence-electron chi connectivity index (χ3n) is 4.96. The topological polar surface area (TPSA) is 61.9 Å². The van der Waals surface area contributed by atoms with E-state index >= 15 is 0 Å². The Bertz CT molecular complexity index is 388. The molecule has 1 aliphatic heterocycles. The van der Waals surface area contributed by atoms with Crippen LogP contribution in [0, 0.1) is 0 Å². The molecular weight excluding hydrogens is 282 g/mol. The summed E-state index contributed by atoms with van der Waals surface area (Å²) in [5.74, 6) is 0.155. The van der Waals surface area contributed by atoms with Gasteiger partial charge in [-0.15, -0.1) is 0 Å². The van der Waals surface area contributed by atoms with Crippen LogP contribution in [0.3, 0.4) is 0 Å². The number of carbonyl (C=O) groups is 2. The van der Waals surface area contributed by atoms with E-state index in [0.717, 1.165) is 25.9 Å². The van der Waals surface area contributed by atoms with Gasteiger partial charge >= 0.3 is 0 Å². The van der Waals surface area contributed by atoms with E-state index in [1.165, 1.54) is 12.8 Å². The zero-order valence-corrected chi connectivity index (χ0v) is 14.0. The second-order valence-corrected chi connectivity index (χ2v) is 6.41. The number of amides is 2. The van der Waals surface area contributed by atoms with Gasteiger partial charge in [-0.2, -0.15) is 0 Å². The van der Waals surface area contributed by atoms with Gasteiger partial charge in [0.15, 0.2) is 0 Å². The molecule has 2 fully saturated rings. The molecule has 6 nitrogen and oxygen atoms in total. The maximum atomic E-state index is 12.3. The molecule has 0 spiro atoms. The molecule has 0 radical (unpaired) electrons. The van der Waals surface area contributed by atoms with E-state index in [0.29, 0.717) is 19.1 Å². The Balaban J connectivity index is 1.77. The van der Waals surface area contributed by atoms with E-state index in [2.05, 4.69) is 10.2 Å². The first-order valence-corrected chi connectivity index (χ1v) is 8.39. The van der Waals surface area contributed by atoms with Gasteiger partial charge in [0.05, 0.1) is 6.04 Å². The highest BCUT2D eigenvalue weighted by Crippen LogP contribution is 2.18. The van der Waals surface area contributed by atoms with Crippen molar-refractivity contribution >= 4 is 11.8 Å². The highest BCUT2D eigenvalue weighted by atomic mass is 16.5. The summed E-state index contributed by atoms with van der Waals surface area (Å²) in [6, 6.07) is 0.234. The van der Waals surface area contributed by atoms with Crippen LogP contribution in [0.5, 0.6) is 0 Å². The van der Waals surface area contributed by atoms with Gasteiger partial charge in [-0.05, 0) is 26.7 Å². The molecule has 0 aromatic heterocycles. The largest absolute Gasteiger partial charge is 0.372 e. The van der Waals surface area contributed by atoms with Crippen LogP contribution < -0.4 is 5.32 Å². The van der Waals surface area contributed by atoms with Crippen molar-refractivity contribution in [3.8, 4) is 0 Å². The van der Waals surface area contributed by atoms with Crippen molar-refractivity contribution in [3.63, 3.8) is 0 Å². The smallest absolute Gasteiger partial charge is 0.251 e. The number of hydrogen-bond acceptors (Lipinski definition) is 4. The third-order valence-corrected chi connectivity index (χ3v) is 4.96. The summed E-state index contributed by atoms with van der Waals surface area (Å²) >= 11 is 0. The van der Waals surface area contributed by atoms with Crippen molar-refractivity contribution < 1.29 is 14.3 Å². The SMILES string of the molecule is CO[C@H](C)C(=O)N1CCN([C@@H](C)C(=O)NC2CCCC2)CC1. The molecule has 2 rings (SSSR count). The van der Waals surface area contributed by atoms with Crippen LogP contribution >= 0.6 is 0 Å². The minimum absolute atomic E-state index is 0.0326. The summed E-state index contributed by atoms with van der Waals surface area (Å²) in [6.07, 6.45) is 4.26. The summed E-state index contributed by atoms with van der Waals surface area (Å²) in [6.45, 7) is 6.52. The van der Waals surface area contributed by atoms with E-state index in [9.17, 15) is 9.59 Å². The van der Waals surface area contributed by atoms with Crippen molar-refractivity contribution in [2.24, 2.45) is 0 Å². The second-order valence-electron chi connectivity index (χ2n) is 6.41. The molecule has 1 aliphatic carbocycles. The quantitative estimate of drug-likeness (QED) is 0.808. The van der Waals surface area contributed by atoms with Crippen LogP contribution in [0.15, 0.2) is 0 Å². The highest BCUT2D eigenvalue weighted by molar-refractivity contribution is 5.82. The number of nitrogens with one attached hydrogen (secondary N) is 1. The lowest BCUT2D eigenvalue weighted by molar-refractivity contribution is -0.143. The molecule has 1 saturated heterocycles. The molecule has 0 aromatic carbocycles. The standard InChI is InChI=1S/C16H29N3O3/c1-12(15(20)17-14-6-4-5-7-14)18-8-10-19(11-9-18)16(21)13(2)22-3/h12-14H,4-11H2,1-3H3,(H,17,20)/t12-,13+/m0/s1. The lowest BCUT2D eigenvalue weighted by Crippen LogP contribution is -2.56. The first kappa shape index (κ1) is 17.2. The minimum atomic E-state index is -0.394. The number of hydrogen-bond donors (Lipinski definition) is 1. The first-order chi connectivity index (χ1) is 10.5. The Hall–Kier alpha value is -1.14. The van der Waals surface area contributed by atoms with Gasteiger partial charge in [0.2, 0.25) is 5.91 Å². The molecule has 0 bridgehead atoms. The van der Waals surface area contributed by atoms with Crippen LogP contribution in [0.25, 0.3) is 0 Å². The van der Waals surface area contributed by atoms with Crippen LogP contribution in [-0.4, -0.2) is 73.1 Å². The number of carbonyl (C=O) groups excluding carboxylic acids is 2. The van der Waals surface area contributed by atoms with Gasteiger partial charge in [0.1, 0.15) is 6.10 Å². The Kier molecular flexibility index (Phi) is 6.20. The van der Waals surface area contributed by atoms with Crippen molar-refractivity contribution in [1.82, 2.24) is 15.1 Å². The van der Waals surface area contributed by atoms with Gasteiger partial charge < -0.3 is 15.0 Å². The average molecular weight is 311 g/mol. The molecule has 6 heteroatoms. The molecule has 2 amide bonds. The van der Waals surface area contributed by atoms with Crippen molar-refractivity contribution in [2.75, 3.05) is 33.3 Å². The normalized spacial score (nSPS) is 23.3. The fraction of sp³-hybridized carbons (Fsp3) is 0.875. The summed E-state index contributed by atoms with van der Waals surface area (Å²) in [5, 5.41) is 3.16. The van der Waals surface area contributed by atoms with Crippen LogP contribution in [0.4, 0.5) is 0 Å². The lowest BCUT2D eigenvalue weighted by Gasteiger charge is -2.38. The average Bonchev–Trinajstić information content (AvgIpc) is 3.05. The van der Waals surface area contributed by atoms with E-state index in [1.807, 2.05) is 11.8 Å². The molecule has 1 saturated carbocycles. The van der Waals surface area contributed by atoms with Crippen LogP contribution in [-0.2, 0) is 14.3 Å². The molecule has 2 aliphatic rings. The fourth-order valence-corrected chi connectivity index (χ4v) is 3.25. The van der Waals surface area contributed by atoms with Crippen molar-refractivity contribution in [1.29, 1.82) is 0 Å². The minimum Gasteiger partial charge on any atom is -0.372 e. The molecular formula is C16H29N3O3. The molecule has 0 aromatic rings. The summed E-state index contributed by atoms with van der Waals surface area (Å²) in [5.41, 5.74) is 0. The number of nitrogens with zero attached hydrogens (tertiary/aromatic N) is 2. The molecule has 126 valence electrons. The van der Waals surface area contributed by atoms with Gasteiger partial charge in [0, 0.05) is 39.3 Å². The highest BCUT2D eigenvalue weighted by Gasteiger charge is 2.30. The summed E-state index contributed by atoms with van der Waals surface area (Å²) in [7, 11) is 1.55. The number of ether oxygens (including phenoxy) is 1. The second kappa shape index (κ2) is 7.92. The predicted molar refractivity (Wildman–Crippen MR) is 84.5 cm³/mol. The molecule has 0 unspecified atom stereocenters. The van der Waals surface area contributed by atoms with E-state index in [4.69, 9.17) is 4.74 Å². The predicted octanol–water partition coefficient (Wildman–Crippen LogP) is 0.613. The van der Waals surface area contributed by atoms with Crippen molar-refractivity contribution in [2.45, 2.75) is 57.7 Å². The Morgan fingerprint density at radius 1 is 1.09 bits per heavy atom. The number of methoxy groups -OCH3 is 1. The lowest BCUT2D eigenvalue weighted by atomic mass is 10.1. The molecule has 1 N–H and O–H groups in total. The third kappa shape index (κ3) is 4.20. The van der Waals surface area contributed by atoms with Gasteiger partial charge in [-0.25, -0.2) is 0 Å². The Labute approximate surface area is 133 Å². The Morgan fingerprint density at radius 3 is 2.23 bits per heavy atom. The number of piperazine rings is 1. The van der Waals surface area contributed by atoms with E-state index < -0.39 is 6.10 Å². The molecule has 1 heterocycles. The van der Waals surface area contributed by atoms with E-state index in [-0.39, 0.29) is 17.9 Å². The maximum Gasteiger partial charge on any atom is 0.251 e. The van der Waals surface area contributed by atoms with E-state index in [1.54, 1.807) is 14.0 Å². The zero-order chi connectivity index (χ0) is 16.1. The van der Waals surface area contributed by atoms with Gasteiger partial charge in [-0.1, -0.05) is 12.8 Å². The molecule has 22 heavy (non-hydrogen) atoms. The zero-order valence-electron chi connectivity index (χ0n) is 14.0. The monoisotopic (exact) mass is 311 g/mol. The van der Waals surface area contributed by atoms with Crippen molar-refractivity contribution in [3.05, 3.63) is 0 Å². The first-order valence-electron chi connectivity index (χ1n) is 8.39. The number of rotatable bonds is 5. The molecule has 2 atom stereocenters. The summed E-state index contributed by atoms with van der Waals surface area (Å²) in [4.78, 5) is 28.4. The fourth-order valence-electron chi connectivity index (χ4n) is 3.25. The van der Waals surface area contributed by atoms with Crippen LogP contribution in [0.2, 0.25) is 0 Å². The summed E-state index contributed by atoms with van der Waals surface area (Å²) < 4.78 is 5.08. The van der Waals surface area contributed by atoms with Gasteiger partial charge in [-0.3, -0.25) is 14.5 Å².